The van der Waals surface area contributed by atoms with Gasteiger partial charge in [0.1, 0.15) is 5.82 Å². The number of hydrogen-bond acceptors (Lipinski definition) is 2. The molecule has 3 N–H and O–H groups in total. The van der Waals surface area contributed by atoms with Crippen LogP contribution in [-0.2, 0) is 11.2 Å². The maximum atomic E-state index is 13.4. The summed E-state index contributed by atoms with van der Waals surface area (Å²) in [6.45, 7) is 0.461. The van der Waals surface area contributed by atoms with Gasteiger partial charge in [0.05, 0.1) is 5.92 Å². The lowest BCUT2D eigenvalue weighted by atomic mass is 9.84. The highest BCUT2D eigenvalue weighted by atomic mass is 19.1. The summed E-state index contributed by atoms with van der Waals surface area (Å²) < 4.78 is 13.4. The first-order valence-electron chi connectivity index (χ1n) is 6.95. The molecule has 1 aliphatic rings. The molecule has 0 aliphatic heterocycles. The molecule has 2 unspecified atom stereocenters. The SMILES string of the molecule is NC1CCCCC1C(=O)NCCc1ccccc1F. The van der Waals surface area contributed by atoms with Crippen molar-refractivity contribution < 1.29 is 9.18 Å². The van der Waals surface area contributed by atoms with E-state index in [1.54, 1.807) is 18.2 Å². The topological polar surface area (TPSA) is 55.1 Å². The Bertz CT molecular complexity index is 436. The highest BCUT2D eigenvalue weighted by Gasteiger charge is 2.27. The molecule has 0 radical (unpaired) electrons. The minimum Gasteiger partial charge on any atom is -0.355 e. The zero-order valence-corrected chi connectivity index (χ0v) is 11.1. The van der Waals surface area contributed by atoms with Crippen LogP contribution in [0.2, 0.25) is 0 Å². The summed E-state index contributed by atoms with van der Waals surface area (Å²) in [5.41, 5.74) is 6.60. The van der Waals surface area contributed by atoms with Crippen molar-refractivity contribution >= 4 is 5.91 Å². The van der Waals surface area contributed by atoms with Crippen molar-refractivity contribution in [3.8, 4) is 0 Å². The fourth-order valence-electron chi connectivity index (χ4n) is 2.64. The Hall–Kier alpha value is -1.42. The van der Waals surface area contributed by atoms with Gasteiger partial charge in [0.2, 0.25) is 5.91 Å². The van der Waals surface area contributed by atoms with E-state index in [1.165, 1.54) is 6.07 Å². The van der Waals surface area contributed by atoms with Gasteiger partial charge in [-0.05, 0) is 30.9 Å². The first-order valence-corrected chi connectivity index (χ1v) is 6.95. The lowest BCUT2D eigenvalue weighted by Gasteiger charge is -2.27. The average Bonchev–Trinajstić information content (AvgIpc) is 2.41. The number of halogens is 1. The summed E-state index contributed by atoms with van der Waals surface area (Å²) in [5.74, 6) is -0.274. The number of amides is 1. The van der Waals surface area contributed by atoms with Crippen LogP contribution in [0.15, 0.2) is 24.3 Å². The Morgan fingerprint density at radius 1 is 1.32 bits per heavy atom. The van der Waals surface area contributed by atoms with Gasteiger partial charge >= 0.3 is 0 Å². The summed E-state index contributed by atoms with van der Waals surface area (Å²) in [4.78, 5) is 12.0. The van der Waals surface area contributed by atoms with Gasteiger partial charge in [-0.2, -0.15) is 0 Å². The maximum absolute atomic E-state index is 13.4. The molecular weight excluding hydrogens is 243 g/mol. The van der Waals surface area contributed by atoms with Crippen LogP contribution in [0.3, 0.4) is 0 Å². The van der Waals surface area contributed by atoms with E-state index in [-0.39, 0.29) is 23.7 Å². The molecule has 1 amide bonds. The lowest BCUT2D eigenvalue weighted by Crippen LogP contribution is -2.44. The van der Waals surface area contributed by atoms with Gasteiger partial charge in [-0.15, -0.1) is 0 Å². The molecule has 1 aromatic rings. The molecule has 0 heterocycles. The summed E-state index contributed by atoms with van der Waals surface area (Å²) in [7, 11) is 0. The summed E-state index contributed by atoms with van der Waals surface area (Å²) in [5, 5.41) is 2.87. The Balaban J connectivity index is 1.79. The highest BCUT2D eigenvalue weighted by molar-refractivity contribution is 5.79. The van der Waals surface area contributed by atoms with Crippen molar-refractivity contribution in [1.82, 2.24) is 5.32 Å². The third kappa shape index (κ3) is 3.77. The van der Waals surface area contributed by atoms with E-state index in [1.807, 2.05) is 0 Å². The summed E-state index contributed by atoms with van der Waals surface area (Å²) in [6, 6.07) is 6.62. The quantitative estimate of drug-likeness (QED) is 0.874. The fourth-order valence-corrected chi connectivity index (χ4v) is 2.64. The molecule has 1 aliphatic carbocycles. The Labute approximate surface area is 113 Å². The van der Waals surface area contributed by atoms with E-state index in [9.17, 15) is 9.18 Å². The second kappa shape index (κ2) is 6.66. The van der Waals surface area contributed by atoms with Crippen LogP contribution in [0.5, 0.6) is 0 Å². The maximum Gasteiger partial charge on any atom is 0.224 e. The van der Waals surface area contributed by atoms with Crippen LogP contribution in [0, 0.1) is 11.7 Å². The van der Waals surface area contributed by atoms with Crippen molar-refractivity contribution in [3.05, 3.63) is 35.6 Å². The predicted octanol–water partition coefficient (Wildman–Crippen LogP) is 2.00. The molecule has 0 aromatic heterocycles. The van der Waals surface area contributed by atoms with Crippen LogP contribution in [0.1, 0.15) is 31.2 Å². The lowest BCUT2D eigenvalue weighted by molar-refractivity contribution is -0.126. The van der Waals surface area contributed by atoms with Gasteiger partial charge in [-0.25, -0.2) is 4.39 Å². The summed E-state index contributed by atoms with van der Waals surface area (Å²) >= 11 is 0. The number of nitrogens with two attached hydrogens (primary N) is 1. The summed E-state index contributed by atoms with van der Waals surface area (Å²) in [6.07, 6.45) is 4.48. The van der Waals surface area contributed by atoms with Gasteiger partial charge in [0.25, 0.3) is 0 Å². The molecule has 4 heteroatoms. The molecule has 0 saturated heterocycles. The third-order valence-corrected chi connectivity index (χ3v) is 3.81. The van der Waals surface area contributed by atoms with Gasteiger partial charge in [0, 0.05) is 12.6 Å². The number of benzene rings is 1. The number of carbonyl (C=O) groups is 1. The zero-order valence-electron chi connectivity index (χ0n) is 11.1. The van der Waals surface area contributed by atoms with E-state index >= 15 is 0 Å². The molecule has 1 fully saturated rings. The molecule has 0 bridgehead atoms. The Morgan fingerprint density at radius 3 is 2.79 bits per heavy atom. The van der Waals surface area contributed by atoms with Crippen LogP contribution < -0.4 is 11.1 Å². The number of carbonyl (C=O) groups excluding carboxylic acids is 1. The minimum absolute atomic E-state index is 0.0172. The largest absolute Gasteiger partial charge is 0.355 e. The standard InChI is InChI=1S/C15H21FN2O/c16-13-7-3-1-5-11(13)9-10-18-15(19)12-6-2-4-8-14(12)17/h1,3,5,7,12,14H,2,4,6,8-10,17H2,(H,18,19). The monoisotopic (exact) mass is 264 g/mol. The minimum atomic E-state index is -0.217. The first-order chi connectivity index (χ1) is 9.18. The molecule has 1 aromatic carbocycles. The first kappa shape index (κ1) is 14.0. The van der Waals surface area contributed by atoms with E-state index in [0.717, 1.165) is 25.7 Å². The smallest absolute Gasteiger partial charge is 0.224 e. The molecule has 3 nitrogen and oxygen atoms in total. The van der Waals surface area contributed by atoms with Crippen molar-refractivity contribution in [2.45, 2.75) is 38.1 Å². The van der Waals surface area contributed by atoms with E-state index in [4.69, 9.17) is 5.73 Å². The predicted molar refractivity (Wildman–Crippen MR) is 73.0 cm³/mol. The van der Waals surface area contributed by atoms with E-state index in [0.29, 0.717) is 18.5 Å². The second-order valence-corrected chi connectivity index (χ2v) is 5.19. The van der Waals surface area contributed by atoms with Crippen molar-refractivity contribution in [2.75, 3.05) is 6.54 Å². The van der Waals surface area contributed by atoms with E-state index < -0.39 is 0 Å². The van der Waals surface area contributed by atoms with Crippen LogP contribution in [0.25, 0.3) is 0 Å². The van der Waals surface area contributed by atoms with E-state index in [2.05, 4.69) is 5.32 Å². The molecule has 0 spiro atoms. The van der Waals surface area contributed by atoms with Crippen LogP contribution >= 0.6 is 0 Å². The number of hydrogen-bond donors (Lipinski definition) is 2. The Kier molecular flexibility index (Phi) is 4.91. The number of nitrogens with one attached hydrogen (secondary N) is 1. The van der Waals surface area contributed by atoms with Crippen molar-refractivity contribution in [2.24, 2.45) is 11.7 Å². The second-order valence-electron chi connectivity index (χ2n) is 5.19. The number of rotatable bonds is 4. The molecule has 2 rings (SSSR count). The average molecular weight is 264 g/mol. The molecular formula is C15H21FN2O. The highest BCUT2D eigenvalue weighted by Crippen LogP contribution is 2.22. The molecule has 1 saturated carbocycles. The third-order valence-electron chi connectivity index (χ3n) is 3.81. The van der Waals surface area contributed by atoms with Crippen molar-refractivity contribution in [1.29, 1.82) is 0 Å². The molecule has 104 valence electrons. The van der Waals surface area contributed by atoms with Crippen molar-refractivity contribution in [3.63, 3.8) is 0 Å². The van der Waals surface area contributed by atoms with Crippen LogP contribution in [-0.4, -0.2) is 18.5 Å². The van der Waals surface area contributed by atoms with Crippen LogP contribution in [0.4, 0.5) is 4.39 Å². The van der Waals surface area contributed by atoms with Gasteiger partial charge in [-0.1, -0.05) is 31.0 Å². The normalized spacial score (nSPS) is 23.1. The van der Waals surface area contributed by atoms with Gasteiger partial charge in [0.15, 0.2) is 0 Å². The zero-order chi connectivity index (χ0) is 13.7. The molecule has 19 heavy (non-hydrogen) atoms. The Morgan fingerprint density at radius 2 is 2.05 bits per heavy atom. The molecule has 2 atom stereocenters. The fraction of sp³-hybridized carbons (Fsp3) is 0.533. The van der Waals surface area contributed by atoms with Gasteiger partial charge in [-0.3, -0.25) is 4.79 Å². The van der Waals surface area contributed by atoms with Gasteiger partial charge < -0.3 is 11.1 Å².